The number of fused-ring (bicyclic) bond motifs is 2. The first-order valence-electron chi connectivity index (χ1n) is 13.5. The third kappa shape index (κ3) is 9.83. The van der Waals surface area contributed by atoms with Gasteiger partial charge in [0.25, 0.3) is 5.91 Å². The fourth-order valence-electron chi connectivity index (χ4n) is 4.72. The standard InChI is InChI=1S/C23H30N4O3.2C2HF3O2/c1-29-19-4-2-3-18(13-19)14-25-21(28)20-16-27-12-9-24-22(27)23(30-20)7-10-26(11-8-23)15-17-5-6-17;2*3-2(4,5)1(6)7/h2-4,9,12-13,17,20H,5-8,10-11,14-16H2,1H3,(H,25,28);2*(H,6,7). The van der Waals surface area contributed by atoms with Crippen LogP contribution in [0, 0.1) is 5.92 Å². The maximum absolute atomic E-state index is 13.0. The number of hydrogen-bond acceptors (Lipinski definition) is 7. The van der Waals surface area contributed by atoms with Crippen molar-refractivity contribution in [2.75, 3.05) is 26.7 Å². The predicted octanol–water partition coefficient (Wildman–Crippen LogP) is 3.57. The van der Waals surface area contributed by atoms with Crippen LogP contribution in [0.2, 0.25) is 0 Å². The molecule has 244 valence electrons. The number of hydrogen-bond donors (Lipinski definition) is 3. The van der Waals surface area contributed by atoms with E-state index < -0.39 is 36.0 Å². The van der Waals surface area contributed by atoms with Crippen molar-refractivity contribution >= 4 is 17.8 Å². The number of alkyl halides is 6. The Hall–Kier alpha value is -3.86. The highest BCUT2D eigenvalue weighted by Gasteiger charge is 2.47. The molecular formula is C27H32F6N4O7. The lowest BCUT2D eigenvalue weighted by Gasteiger charge is -2.45. The molecule has 3 heterocycles. The molecule has 0 radical (unpaired) electrons. The predicted molar refractivity (Wildman–Crippen MR) is 139 cm³/mol. The van der Waals surface area contributed by atoms with Crippen molar-refractivity contribution in [1.29, 1.82) is 0 Å². The molecule has 1 unspecified atom stereocenters. The van der Waals surface area contributed by atoms with Crippen LogP contribution in [-0.2, 0) is 37.8 Å². The van der Waals surface area contributed by atoms with Crippen molar-refractivity contribution in [3.63, 3.8) is 0 Å². The van der Waals surface area contributed by atoms with E-state index in [1.54, 1.807) is 7.11 Å². The van der Waals surface area contributed by atoms with E-state index in [1.165, 1.54) is 19.4 Å². The van der Waals surface area contributed by atoms with Gasteiger partial charge in [0.1, 0.15) is 17.2 Å². The normalized spacial score (nSPS) is 19.4. The third-order valence-corrected chi connectivity index (χ3v) is 7.11. The van der Waals surface area contributed by atoms with Crippen molar-refractivity contribution in [3.8, 4) is 5.75 Å². The Bertz CT molecular complexity index is 1260. The molecule has 1 aliphatic carbocycles. The Morgan fingerprint density at radius 3 is 2.18 bits per heavy atom. The molecule has 11 nitrogen and oxygen atoms in total. The zero-order valence-electron chi connectivity index (χ0n) is 23.5. The number of amides is 1. The lowest BCUT2D eigenvalue weighted by atomic mass is 9.88. The van der Waals surface area contributed by atoms with Crippen molar-refractivity contribution < 1.29 is 60.4 Å². The molecule has 2 aliphatic heterocycles. The zero-order valence-corrected chi connectivity index (χ0v) is 23.5. The van der Waals surface area contributed by atoms with Gasteiger partial charge in [-0.05, 0) is 49.3 Å². The van der Waals surface area contributed by atoms with Gasteiger partial charge in [0.2, 0.25) is 0 Å². The molecule has 3 N–H and O–H groups in total. The molecule has 1 atom stereocenters. The third-order valence-electron chi connectivity index (χ3n) is 7.11. The van der Waals surface area contributed by atoms with Crippen LogP contribution in [-0.4, -0.2) is 87.7 Å². The molecule has 44 heavy (non-hydrogen) atoms. The minimum atomic E-state index is -5.08. The highest BCUT2D eigenvalue weighted by atomic mass is 19.4. The Kier molecular flexibility index (Phi) is 11.2. The number of piperidine rings is 1. The van der Waals surface area contributed by atoms with Crippen molar-refractivity contribution in [2.45, 2.75) is 62.8 Å². The largest absolute Gasteiger partial charge is 0.497 e. The summed E-state index contributed by atoms with van der Waals surface area (Å²) < 4.78 is 77.4. The van der Waals surface area contributed by atoms with E-state index in [1.807, 2.05) is 36.7 Å². The van der Waals surface area contributed by atoms with Gasteiger partial charge < -0.3 is 34.5 Å². The fourth-order valence-corrected chi connectivity index (χ4v) is 4.72. The Morgan fingerprint density at radius 1 is 1.07 bits per heavy atom. The molecule has 17 heteroatoms. The van der Waals surface area contributed by atoms with Gasteiger partial charge in [-0.25, -0.2) is 14.6 Å². The minimum absolute atomic E-state index is 0.0723. The number of carbonyl (C=O) groups excluding carboxylic acids is 1. The second kappa shape index (κ2) is 14.3. The van der Waals surface area contributed by atoms with Crippen molar-refractivity contribution in [2.24, 2.45) is 5.92 Å². The molecule has 2 fully saturated rings. The van der Waals surface area contributed by atoms with E-state index in [2.05, 4.69) is 19.8 Å². The average Bonchev–Trinajstić information content (AvgIpc) is 3.64. The number of benzene rings is 1. The molecule has 2 aromatic rings. The van der Waals surface area contributed by atoms with Crippen LogP contribution >= 0.6 is 0 Å². The average molecular weight is 639 g/mol. The van der Waals surface area contributed by atoms with E-state index in [0.717, 1.165) is 49.0 Å². The number of halogens is 6. The number of rotatable bonds is 6. The van der Waals surface area contributed by atoms with E-state index in [4.69, 9.17) is 29.3 Å². The van der Waals surface area contributed by atoms with Crippen molar-refractivity contribution in [3.05, 3.63) is 48.0 Å². The van der Waals surface area contributed by atoms with E-state index in [0.29, 0.717) is 13.1 Å². The van der Waals surface area contributed by atoms with Crippen LogP contribution in [0.4, 0.5) is 26.3 Å². The molecule has 5 rings (SSSR count). The molecular weight excluding hydrogens is 606 g/mol. The number of carboxylic acid groups (broad SMARTS) is 2. The lowest BCUT2D eigenvalue weighted by molar-refractivity contribution is -0.193. The van der Waals surface area contributed by atoms with Crippen LogP contribution in [0.5, 0.6) is 5.75 Å². The second-order valence-electron chi connectivity index (χ2n) is 10.4. The quantitative estimate of drug-likeness (QED) is 0.405. The summed E-state index contributed by atoms with van der Waals surface area (Å²) in [4.78, 5) is 37.9. The number of aromatic nitrogens is 2. The van der Waals surface area contributed by atoms with Crippen LogP contribution in [0.15, 0.2) is 36.7 Å². The summed E-state index contributed by atoms with van der Waals surface area (Å²) in [6, 6.07) is 7.75. The van der Waals surface area contributed by atoms with Crippen LogP contribution in [0.3, 0.4) is 0 Å². The van der Waals surface area contributed by atoms with Crippen LogP contribution < -0.4 is 10.1 Å². The number of imidazole rings is 1. The maximum Gasteiger partial charge on any atom is 0.490 e. The maximum atomic E-state index is 13.0. The Balaban J connectivity index is 0.000000317. The molecule has 1 saturated carbocycles. The van der Waals surface area contributed by atoms with Gasteiger partial charge in [0.05, 0.1) is 13.7 Å². The number of likely N-dealkylation sites (tertiary alicyclic amines) is 1. The number of methoxy groups -OCH3 is 1. The number of carbonyl (C=O) groups is 3. The molecule has 1 aromatic carbocycles. The molecule has 1 spiro atoms. The summed E-state index contributed by atoms with van der Waals surface area (Å²) in [5.41, 5.74) is 0.546. The topological polar surface area (TPSA) is 143 Å². The molecule has 1 amide bonds. The van der Waals surface area contributed by atoms with Gasteiger partial charge in [-0.2, -0.15) is 26.3 Å². The zero-order chi connectivity index (χ0) is 32.7. The molecule has 1 aromatic heterocycles. The SMILES string of the molecule is COc1cccc(CNC(=O)C2Cn3ccnc3C3(CCN(CC4CC4)CC3)O2)c1.O=C(O)C(F)(F)F.O=C(O)C(F)(F)F. The fraction of sp³-hybridized carbons (Fsp3) is 0.556. The Morgan fingerprint density at radius 2 is 1.66 bits per heavy atom. The molecule has 1 saturated heterocycles. The lowest BCUT2D eigenvalue weighted by Crippen LogP contribution is -2.54. The minimum Gasteiger partial charge on any atom is -0.497 e. The summed E-state index contributed by atoms with van der Waals surface area (Å²) in [5.74, 6) is -2.93. The highest BCUT2D eigenvalue weighted by Crippen LogP contribution is 2.41. The first-order valence-corrected chi connectivity index (χ1v) is 13.5. The first kappa shape index (κ1) is 34.6. The highest BCUT2D eigenvalue weighted by molar-refractivity contribution is 5.81. The smallest absolute Gasteiger partial charge is 0.490 e. The summed E-state index contributed by atoms with van der Waals surface area (Å²) in [6.45, 7) is 4.17. The van der Waals surface area contributed by atoms with Gasteiger partial charge in [0, 0.05) is 38.6 Å². The first-order chi connectivity index (χ1) is 20.5. The van der Waals surface area contributed by atoms with Crippen LogP contribution in [0.1, 0.15) is 37.1 Å². The van der Waals surface area contributed by atoms with Gasteiger partial charge in [-0.1, -0.05) is 12.1 Å². The molecule has 0 bridgehead atoms. The van der Waals surface area contributed by atoms with E-state index in [9.17, 15) is 31.1 Å². The van der Waals surface area contributed by atoms with Gasteiger partial charge >= 0.3 is 24.3 Å². The summed E-state index contributed by atoms with van der Waals surface area (Å²) in [5, 5.41) is 17.3. The number of aliphatic carboxylic acids is 2. The van der Waals surface area contributed by atoms with Crippen molar-refractivity contribution in [1.82, 2.24) is 19.8 Å². The number of ether oxygens (including phenoxy) is 2. The summed E-state index contributed by atoms with van der Waals surface area (Å²) in [7, 11) is 1.64. The second-order valence-corrected chi connectivity index (χ2v) is 10.4. The van der Waals surface area contributed by atoms with Crippen LogP contribution in [0.25, 0.3) is 0 Å². The summed E-state index contributed by atoms with van der Waals surface area (Å²) >= 11 is 0. The monoisotopic (exact) mass is 638 g/mol. The number of nitrogens with one attached hydrogen (secondary N) is 1. The number of carboxylic acids is 2. The van der Waals surface area contributed by atoms with Gasteiger partial charge in [-0.3, -0.25) is 4.79 Å². The summed E-state index contributed by atoms with van der Waals surface area (Å²) in [6.07, 6.45) is -2.36. The van der Waals surface area contributed by atoms with Gasteiger partial charge in [0.15, 0.2) is 6.10 Å². The Labute approximate surface area is 247 Å². The molecule has 3 aliphatic rings. The van der Waals surface area contributed by atoms with E-state index in [-0.39, 0.29) is 5.91 Å². The van der Waals surface area contributed by atoms with E-state index >= 15 is 0 Å². The number of nitrogens with zero attached hydrogens (tertiary/aromatic N) is 3. The van der Waals surface area contributed by atoms with Gasteiger partial charge in [-0.15, -0.1) is 0 Å².